The summed E-state index contributed by atoms with van der Waals surface area (Å²) in [7, 11) is 4.06. The molecular weight excluding hydrogens is 476 g/mol. The van der Waals surface area contributed by atoms with Crippen LogP contribution in [0.25, 0.3) is 0 Å². The van der Waals surface area contributed by atoms with Crippen LogP contribution in [0.1, 0.15) is 15.7 Å². The van der Waals surface area contributed by atoms with Gasteiger partial charge in [0.1, 0.15) is 0 Å². The van der Waals surface area contributed by atoms with Gasteiger partial charge in [0.25, 0.3) is 0 Å². The van der Waals surface area contributed by atoms with Crippen molar-refractivity contribution in [1.82, 2.24) is 0 Å². The molecule has 0 aromatic heterocycles. The molecule has 0 N–H and O–H groups in total. The molecule has 0 spiro atoms. The molecule has 0 unspecified atom stereocenters. The molecule has 0 saturated heterocycles. The second-order valence-electron chi connectivity index (χ2n) is 6.78. The Labute approximate surface area is 202 Å². The van der Waals surface area contributed by atoms with Gasteiger partial charge < -0.3 is 21.8 Å². The topological polar surface area (TPSA) is 36.9 Å². The average Bonchev–Trinajstić information content (AvgIpc) is 2.61. The Bertz CT molecular complexity index is 348. The molecule has 0 aromatic rings. The van der Waals surface area contributed by atoms with Crippen LogP contribution in [0.2, 0.25) is 32.2 Å². The summed E-state index contributed by atoms with van der Waals surface area (Å²) in [6, 6.07) is 1.17. The van der Waals surface area contributed by atoms with E-state index < -0.39 is 15.5 Å². The average molecular weight is 518 g/mol. The van der Waals surface area contributed by atoms with Crippen LogP contribution in [-0.2, 0) is 18.9 Å². The van der Waals surface area contributed by atoms with Crippen LogP contribution in [0.5, 0.6) is 0 Å². The maximum atomic E-state index is 5.74. The molecule has 0 heterocycles. The van der Waals surface area contributed by atoms with Crippen LogP contribution in [0.3, 0.4) is 0 Å². The molecule has 162 valence electrons. The predicted octanol–water partition coefficient (Wildman–Crippen LogP) is 5.82. The van der Waals surface area contributed by atoms with Gasteiger partial charge in [-0.3, -0.25) is 0 Å². The second-order valence-corrected chi connectivity index (χ2v) is 18.9. The Morgan fingerprint density at radius 3 is 1.41 bits per heavy atom. The molecule has 0 aromatic carbocycles. The van der Waals surface area contributed by atoms with Crippen molar-refractivity contribution in [2.45, 2.75) is 57.7 Å². The van der Waals surface area contributed by atoms with Gasteiger partial charge in [0.2, 0.25) is 0 Å². The maximum Gasteiger partial charge on any atom is 2.00 e. The van der Waals surface area contributed by atoms with E-state index in [2.05, 4.69) is 47.9 Å². The predicted molar refractivity (Wildman–Crippen MR) is 133 cm³/mol. The zero-order valence-corrected chi connectivity index (χ0v) is 24.4. The molecule has 9 heteroatoms. The van der Waals surface area contributed by atoms with Crippen molar-refractivity contribution < 1.29 is 21.8 Å². The second kappa shape index (κ2) is 22.0. The molecule has 0 aliphatic rings. The van der Waals surface area contributed by atoms with Crippen LogP contribution in [0.4, 0.5) is 0 Å². The molecule has 0 aliphatic carbocycles. The fourth-order valence-corrected chi connectivity index (χ4v) is 2.90. The van der Waals surface area contributed by atoms with Crippen molar-refractivity contribution in [2.75, 3.05) is 33.8 Å². The van der Waals surface area contributed by atoms with E-state index in [1.807, 2.05) is 18.8 Å². The third-order valence-electron chi connectivity index (χ3n) is 3.46. The minimum Gasteiger partial charge on any atom is -1.00 e. The summed E-state index contributed by atoms with van der Waals surface area (Å²) in [5, 5.41) is 0.916. The monoisotopic (exact) mass is 516 g/mol. The van der Waals surface area contributed by atoms with Crippen molar-refractivity contribution in [3.05, 3.63) is 24.6 Å². The van der Waals surface area contributed by atoms with E-state index in [1.54, 1.807) is 28.4 Å². The van der Waals surface area contributed by atoms with E-state index >= 15 is 0 Å². The SMILES string of the molecule is C=C[Si](C)(C)CCC(OC)OC.C=C[Si](C)(C)Cl.COC(CCBr)OC.[H-].[H-].[Mg+2]. The van der Waals surface area contributed by atoms with E-state index in [4.69, 9.17) is 30.0 Å². The molecule has 0 fully saturated rings. The zero-order chi connectivity index (χ0) is 21.2. The first kappa shape index (κ1) is 35.7. The number of methoxy groups -OCH3 is 4. The summed E-state index contributed by atoms with van der Waals surface area (Å²) in [5.41, 5.74) is 3.95. The Hall–Kier alpha value is 1.29. The molecule has 0 radical (unpaired) electrons. The van der Waals surface area contributed by atoms with Gasteiger partial charge in [-0.25, -0.2) is 0 Å². The minimum absolute atomic E-state index is 0. The van der Waals surface area contributed by atoms with Gasteiger partial charge in [0, 0.05) is 40.2 Å². The van der Waals surface area contributed by atoms with Gasteiger partial charge in [0.05, 0.1) is 8.07 Å². The van der Waals surface area contributed by atoms with E-state index in [-0.39, 0.29) is 38.5 Å². The zero-order valence-electron chi connectivity index (χ0n) is 20.6. The van der Waals surface area contributed by atoms with Crippen molar-refractivity contribution in [3.63, 3.8) is 0 Å². The first-order chi connectivity index (χ1) is 12.0. The number of halogens is 2. The Kier molecular flexibility index (Phi) is 29.1. The molecule has 0 aliphatic heterocycles. The summed E-state index contributed by atoms with van der Waals surface area (Å²) >= 11 is 9.01. The van der Waals surface area contributed by atoms with E-state index in [0.717, 1.165) is 18.2 Å². The third-order valence-corrected chi connectivity index (χ3v) is 8.03. The fourth-order valence-electron chi connectivity index (χ4n) is 1.34. The summed E-state index contributed by atoms with van der Waals surface area (Å²) < 4.78 is 20.0. The quantitative estimate of drug-likeness (QED) is 0.150. The molecular formula is C18H42BrClMgO4Si2. The van der Waals surface area contributed by atoms with Crippen LogP contribution in [0.15, 0.2) is 24.6 Å². The molecule has 0 amide bonds. The van der Waals surface area contributed by atoms with Crippen molar-refractivity contribution in [2.24, 2.45) is 0 Å². The minimum atomic E-state index is -1.40. The van der Waals surface area contributed by atoms with Crippen molar-refractivity contribution >= 4 is 65.5 Å². The molecule has 0 rings (SSSR count). The van der Waals surface area contributed by atoms with Gasteiger partial charge >= 0.3 is 23.1 Å². The number of hydrogen-bond donors (Lipinski definition) is 0. The summed E-state index contributed by atoms with van der Waals surface area (Å²) in [6.07, 6.45) is 1.77. The van der Waals surface area contributed by atoms with Crippen molar-refractivity contribution in [1.29, 1.82) is 0 Å². The van der Waals surface area contributed by atoms with Gasteiger partial charge in [-0.15, -0.1) is 18.9 Å². The van der Waals surface area contributed by atoms with E-state index in [1.165, 1.54) is 6.04 Å². The molecule has 0 bridgehead atoms. The molecule has 4 nitrogen and oxygen atoms in total. The number of rotatable bonds is 11. The van der Waals surface area contributed by atoms with Crippen molar-refractivity contribution in [3.8, 4) is 0 Å². The van der Waals surface area contributed by atoms with E-state index in [9.17, 15) is 0 Å². The largest absolute Gasteiger partial charge is 2.00 e. The van der Waals surface area contributed by atoms with Crippen LogP contribution in [0, 0.1) is 0 Å². The van der Waals surface area contributed by atoms with Crippen LogP contribution >= 0.6 is 27.0 Å². The third kappa shape index (κ3) is 29.6. The standard InChI is InChI=1S/C9H20O2Si.C5H11BrO2.C4H9ClSi.Mg.2H/c1-6-12(4,5)8-7-9(10-2)11-3;1-7-5(8-2)3-4-6;1-4-6(2,3)5;;;/h6,9H,1,7-8H2,2-5H3;5H,3-4H2,1-2H3;4H,1H2,2-3H3;;;/q;;;+2;2*-1. The van der Waals surface area contributed by atoms with Gasteiger partial charge in [0.15, 0.2) is 20.0 Å². The normalized spacial score (nSPS) is 11.0. The number of hydrogen-bond acceptors (Lipinski definition) is 4. The summed E-state index contributed by atoms with van der Waals surface area (Å²) in [6.45, 7) is 16.1. The van der Waals surface area contributed by atoms with Gasteiger partial charge in [-0.2, -0.15) is 11.1 Å². The van der Waals surface area contributed by atoms with Gasteiger partial charge in [-0.05, 0) is 12.5 Å². The summed E-state index contributed by atoms with van der Waals surface area (Å²) in [4.78, 5) is 0. The molecule has 0 atom stereocenters. The number of alkyl halides is 1. The maximum absolute atomic E-state index is 5.74. The Morgan fingerprint density at radius 2 is 1.22 bits per heavy atom. The van der Waals surface area contributed by atoms with Gasteiger partial charge in [-0.1, -0.05) is 47.8 Å². The first-order valence-corrected chi connectivity index (χ1v) is 17.1. The Balaban J connectivity index is -0.0000000689. The van der Waals surface area contributed by atoms with Crippen LogP contribution in [-0.4, -0.2) is 84.9 Å². The molecule has 0 saturated carbocycles. The number of ether oxygens (including phenoxy) is 4. The Morgan fingerprint density at radius 1 is 0.889 bits per heavy atom. The fraction of sp³-hybridized carbons (Fsp3) is 0.778. The van der Waals surface area contributed by atoms with E-state index in [0.29, 0.717) is 0 Å². The summed E-state index contributed by atoms with van der Waals surface area (Å²) in [5.74, 6) is 0. The van der Waals surface area contributed by atoms with Crippen LogP contribution < -0.4 is 0 Å². The first-order valence-electron chi connectivity index (χ1n) is 8.60. The smallest absolute Gasteiger partial charge is 1.00 e. The molecule has 27 heavy (non-hydrogen) atoms.